The number of aromatic amines is 1. The molecule has 3 aromatic rings. The Morgan fingerprint density at radius 3 is 2.35 bits per heavy atom. The van der Waals surface area contributed by atoms with E-state index in [4.69, 9.17) is 10.3 Å². The van der Waals surface area contributed by atoms with E-state index in [2.05, 4.69) is 59.1 Å². The van der Waals surface area contributed by atoms with Crippen LogP contribution in [0, 0.1) is 0 Å². The second-order valence-corrected chi connectivity index (χ2v) is 12.3. The summed E-state index contributed by atoms with van der Waals surface area (Å²) in [5.74, 6) is -5.48. The molecule has 0 saturated carbocycles. The van der Waals surface area contributed by atoms with Gasteiger partial charge in [0.15, 0.2) is 11.2 Å². The van der Waals surface area contributed by atoms with E-state index in [1.807, 2.05) is 0 Å². The van der Waals surface area contributed by atoms with E-state index >= 15 is 0 Å². The summed E-state index contributed by atoms with van der Waals surface area (Å²) in [5, 5.41) is 21.6. The fourth-order valence-electron chi connectivity index (χ4n) is 4.05. The maximum atomic E-state index is 12.7. The van der Waals surface area contributed by atoms with Gasteiger partial charge in [0.1, 0.15) is 12.1 Å². The molecule has 3 rings (SSSR count). The number of carboxylic acid groups (broad SMARTS) is 1. The van der Waals surface area contributed by atoms with Crippen molar-refractivity contribution >= 4 is 75.1 Å². The first-order chi connectivity index (χ1) is 23.1. The van der Waals surface area contributed by atoms with Crippen molar-refractivity contribution in [3.8, 4) is 0 Å². The van der Waals surface area contributed by atoms with Crippen molar-refractivity contribution in [1.82, 2.24) is 41.2 Å². The van der Waals surface area contributed by atoms with Gasteiger partial charge < -0.3 is 37.4 Å². The number of carbonyl (C=O) groups is 5. The molecule has 0 unspecified atom stereocenters. The molecule has 10 N–H and O–H groups in total. The van der Waals surface area contributed by atoms with Gasteiger partial charge in [0.05, 0.1) is 30.6 Å². The number of hydrogen-bond donors (Lipinski definition) is 10. The first kappa shape index (κ1) is 38.1. The Kier molecular flexibility index (Phi) is 13.8. The largest absolute Gasteiger partial charge is 0.480 e. The summed E-state index contributed by atoms with van der Waals surface area (Å²) in [5.41, 5.74) is 6.59. The Morgan fingerprint density at radius 2 is 1.69 bits per heavy atom. The fourth-order valence-corrected chi connectivity index (χ4v) is 4.66. The number of carbonyl (C=O) groups excluding carboxylic acids is 4. The van der Waals surface area contributed by atoms with E-state index in [9.17, 15) is 42.3 Å². The lowest BCUT2D eigenvalue weighted by Gasteiger charge is -2.20. The average molecular weight is 723 g/mol. The molecule has 0 bridgehead atoms. The van der Waals surface area contributed by atoms with Crippen molar-refractivity contribution in [3.63, 3.8) is 0 Å². The molecule has 2 aromatic heterocycles. The van der Waals surface area contributed by atoms with Crippen molar-refractivity contribution in [2.45, 2.75) is 37.9 Å². The average Bonchev–Trinajstić information content (AvgIpc) is 3.03. The number of amides is 4. The summed E-state index contributed by atoms with van der Waals surface area (Å²) < 4.78 is 30.5. The molecule has 2 heterocycles. The first-order valence-electron chi connectivity index (χ1n) is 14.4. The Bertz CT molecular complexity index is 1850. The van der Waals surface area contributed by atoms with E-state index in [0.29, 0.717) is 16.9 Å². The van der Waals surface area contributed by atoms with Crippen molar-refractivity contribution in [2.24, 2.45) is 0 Å². The number of thiol groups is 1. The predicted octanol–water partition coefficient (Wildman–Crippen LogP) is -2.20. The number of benzene rings is 1. The number of nitrogens with one attached hydrogen (secondary N) is 6. The zero-order valence-electron chi connectivity index (χ0n) is 25.6. The van der Waals surface area contributed by atoms with Crippen molar-refractivity contribution < 1.29 is 42.0 Å². The molecule has 2 atom stereocenters. The SMILES string of the molecule is Nc1nc2ncc(CNc3ccc(C(=O)NCCCC(=O)N[C@@H](CC(=O)NCCS(=O)(=O)O)C(=O)N[C@@H](CS)C(=O)O)cc3)nc2c(=O)[nH]1. The minimum Gasteiger partial charge on any atom is -0.480 e. The molecule has 20 nitrogen and oxygen atoms in total. The number of anilines is 2. The Balaban J connectivity index is 1.47. The molecule has 0 saturated heterocycles. The normalized spacial score (nSPS) is 12.4. The Morgan fingerprint density at radius 1 is 0.980 bits per heavy atom. The summed E-state index contributed by atoms with van der Waals surface area (Å²) >= 11 is 3.85. The standard InChI is InChI=1S/C27H34N10O10S2/c28-27-36-22-21(25(42)37-27)33-16(12-32-22)11-31-15-5-3-14(4-6-15)23(40)30-7-1-2-19(38)34-17(24(41)35-18(13-48)26(43)44)10-20(39)29-8-9-49(45,46)47/h3-6,12,17-18,31,48H,1-2,7-11,13H2,(H,29,39)(H,30,40)(H,34,38)(H,35,41)(H,43,44)(H,45,46,47)(H3,28,32,36,37,42)/t17-,18-/m0/s1. The third kappa shape index (κ3) is 12.6. The molecule has 0 radical (unpaired) electrons. The monoisotopic (exact) mass is 722 g/mol. The molecule has 1 aromatic carbocycles. The molecular weight excluding hydrogens is 688 g/mol. The molecule has 0 aliphatic carbocycles. The van der Waals surface area contributed by atoms with Gasteiger partial charge in [0, 0.05) is 36.5 Å². The van der Waals surface area contributed by atoms with Crippen molar-refractivity contribution in [3.05, 3.63) is 52.1 Å². The Hall–Kier alpha value is -5.35. The van der Waals surface area contributed by atoms with Crippen LogP contribution in [0.25, 0.3) is 11.2 Å². The van der Waals surface area contributed by atoms with Crippen LogP contribution in [-0.2, 0) is 35.8 Å². The lowest BCUT2D eigenvalue weighted by Crippen LogP contribution is -2.53. The predicted molar refractivity (Wildman–Crippen MR) is 177 cm³/mol. The number of carboxylic acids is 1. The van der Waals surface area contributed by atoms with E-state index in [1.54, 1.807) is 24.3 Å². The summed E-state index contributed by atoms with van der Waals surface area (Å²) in [4.78, 5) is 88.0. The molecule has 49 heavy (non-hydrogen) atoms. The van der Waals surface area contributed by atoms with Gasteiger partial charge in [-0.05, 0) is 30.7 Å². The quantitative estimate of drug-likeness (QED) is 0.0378. The maximum absolute atomic E-state index is 12.7. The van der Waals surface area contributed by atoms with Crippen LogP contribution in [0.1, 0.15) is 35.3 Å². The molecule has 0 aliphatic rings. The smallest absolute Gasteiger partial charge is 0.327 e. The lowest BCUT2D eigenvalue weighted by molar-refractivity contribution is -0.141. The van der Waals surface area contributed by atoms with Crippen LogP contribution in [0.15, 0.2) is 35.3 Å². The first-order valence-corrected chi connectivity index (χ1v) is 16.7. The number of nitrogens with two attached hydrogens (primary N) is 1. The van der Waals surface area contributed by atoms with E-state index < -0.39 is 76.1 Å². The van der Waals surface area contributed by atoms with E-state index in [1.165, 1.54) is 6.20 Å². The third-order valence-electron chi connectivity index (χ3n) is 6.49. The molecule has 22 heteroatoms. The second kappa shape index (κ2) is 17.7. The van der Waals surface area contributed by atoms with Crippen LogP contribution in [0.5, 0.6) is 0 Å². The number of nitrogen functional groups attached to an aromatic ring is 1. The summed E-state index contributed by atoms with van der Waals surface area (Å²) in [6.07, 6.45) is 0.744. The topological polar surface area (TPSA) is 318 Å². The van der Waals surface area contributed by atoms with Gasteiger partial charge in [-0.3, -0.25) is 33.5 Å². The molecule has 0 aliphatic heterocycles. The van der Waals surface area contributed by atoms with Gasteiger partial charge in [-0.2, -0.15) is 26.0 Å². The number of aliphatic carboxylic acids is 1. The summed E-state index contributed by atoms with van der Waals surface area (Å²) in [6.45, 7) is -0.178. The lowest BCUT2D eigenvalue weighted by atomic mass is 10.1. The third-order valence-corrected chi connectivity index (χ3v) is 7.58. The highest BCUT2D eigenvalue weighted by molar-refractivity contribution is 7.85. The van der Waals surface area contributed by atoms with Gasteiger partial charge in [-0.15, -0.1) is 0 Å². The minimum absolute atomic E-state index is 0.0420. The number of hydrogen-bond acceptors (Lipinski definition) is 14. The number of H-pyrrole nitrogens is 1. The van der Waals surface area contributed by atoms with Crippen molar-refractivity contribution in [2.75, 3.05) is 35.6 Å². The fraction of sp³-hybridized carbons (Fsp3) is 0.370. The Labute approximate surface area is 283 Å². The van der Waals surface area contributed by atoms with E-state index in [0.717, 1.165) is 0 Å². The molecule has 4 amide bonds. The van der Waals surface area contributed by atoms with Crippen LogP contribution >= 0.6 is 12.6 Å². The molecule has 0 spiro atoms. The minimum atomic E-state index is -4.36. The highest BCUT2D eigenvalue weighted by atomic mass is 32.2. The zero-order chi connectivity index (χ0) is 36.1. The van der Waals surface area contributed by atoms with Crippen LogP contribution in [0.4, 0.5) is 11.6 Å². The number of fused-ring (bicyclic) bond motifs is 1. The summed E-state index contributed by atoms with van der Waals surface area (Å²) in [6, 6.07) is 3.49. The highest BCUT2D eigenvalue weighted by Gasteiger charge is 2.28. The number of nitrogens with zero attached hydrogens (tertiary/aromatic N) is 3. The number of aromatic nitrogens is 4. The highest BCUT2D eigenvalue weighted by Crippen LogP contribution is 2.12. The molecule has 264 valence electrons. The van der Waals surface area contributed by atoms with Gasteiger partial charge in [0.25, 0.3) is 21.6 Å². The van der Waals surface area contributed by atoms with Gasteiger partial charge in [-0.1, -0.05) is 0 Å². The van der Waals surface area contributed by atoms with Gasteiger partial charge >= 0.3 is 5.97 Å². The van der Waals surface area contributed by atoms with Crippen molar-refractivity contribution in [1.29, 1.82) is 0 Å². The van der Waals surface area contributed by atoms with E-state index in [-0.39, 0.29) is 48.8 Å². The number of rotatable bonds is 18. The summed E-state index contributed by atoms with van der Waals surface area (Å²) in [7, 11) is -4.36. The second-order valence-electron chi connectivity index (χ2n) is 10.3. The van der Waals surface area contributed by atoms with Crippen LogP contribution < -0.4 is 37.9 Å². The maximum Gasteiger partial charge on any atom is 0.327 e. The van der Waals surface area contributed by atoms with Crippen LogP contribution in [0.2, 0.25) is 0 Å². The van der Waals surface area contributed by atoms with Gasteiger partial charge in [-0.25, -0.2) is 14.8 Å². The van der Waals surface area contributed by atoms with Gasteiger partial charge in [0.2, 0.25) is 23.7 Å². The molecular formula is C27H34N10O10S2. The molecule has 0 fully saturated rings. The van der Waals surface area contributed by atoms with Crippen LogP contribution in [-0.4, -0.2) is 104 Å². The zero-order valence-corrected chi connectivity index (χ0v) is 27.3. The van der Waals surface area contributed by atoms with Crippen LogP contribution in [0.3, 0.4) is 0 Å².